The van der Waals surface area contributed by atoms with Crippen molar-refractivity contribution in [3.05, 3.63) is 0 Å². The molecule has 0 spiro atoms. The molecular weight excluding hydrogens is 264 g/mol. The maximum absolute atomic E-state index is 10.3. The van der Waals surface area contributed by atoms with Gasteiger partial charge >= 0.3 is 5.97 Å². The third-order valence-electron chi connectivity index (χ3n) is 0.904. The highest BCUT2D eigenvalue weighted by atomic mass is 79.9. The van der Waals surface area contributed by atoms with Crippen LogP contribution in [0.5, 0.6) is 0 Å². The number of rotatable bonds is 4. The Labute approximate surface area is 77.6 Å². The summed E-state index contributed by atoms with van der Waals surface area (Å²) in [5.74, 6) is -0.214. The molecular formula is C6H10Br2O2. The zero-order valence-corrected chi connectivity index (χ0v) is 8.94. The number of carbonyl (C=O) groups is 1. The molecule has 0 heterocycles. The molecule has 0 aromatic rings. The van der Waals surface area contributed by atoms with E-state index < -0.39 is 0 Å². The van der Waals surface area contributed by atoms with Gasteiger partial charge in [-0.2, -0.15) is 0 Å². The molecule has 60 valence electrons. The number of esters is 1. The van der Waals surface area contributed by atoms with Crippen molar-refractivity contribution in [1.82, 2.24) is 0 Å². The lowest BCUT2D eigenvalue weighted by atomic mass is 10.4. The van der Waals surface area contributed by atoms with Gasteiger partial charge in [0.1, 0.15) is 0 Å². The predicted molar refractivity (Wildman–Crippen MR) is 47.8 cm³/mol. The van der Waals surface area contributed by atoms with Gasteiger partial charge < -0.3 is 4.74 Å². The molecule has 0 amide bonds. The third-order valence-corrected chi connectivity index (χ3v) is 3.34. The van der Waals surface area contributed by atoms with Crippen LogP contribution in [0.3, 0.4) is 0 Å². The normalized spacial score (nSPS) is 12.7. The number of alkyl halides is 2. The molecule has 0 aliphatic rings. The van der Waals surface area contributed by atoms with Crippen LogP contribution in [0.25, 0.3) is 0 Å². The number of hydrogen-bond donors (Lipinski definition) is 0. The predicted octanol–water partition coefficient (Wildman–Crippen LogP) is 2.10. The van der Waals surface area contributed by atoms with E-state index in [0.29, 0.717) is 11.4 Å². The lowest BCUT2D eigenvalue weighted by Crippen LogP contribution is -2.07. The van der Waals surface area contributed by atoms with Crippen molar-refractivity contribution in [1.29, 1.82) is 0 Å². The van der Waals surface area contributed by atoms with Crippen molar-refractivity contribution in [2.75, 3.05) is 11.9 Å². The van der Waals surface area contributed by atoms with Crippen molar-refractivity contribution < 1.29 is 9.53 Å². The molecule has 0 aliphatic carbocycles. The van der Waals surface area contributed by atoms with Crippen LogP contribution in [-0.4, -0.2) is 22.7 Å². The van der Waals surface area contributed by atoms with Crippen LogP contribution in [0, 0.1) is 0 Å². The zero-order valence-electron chi connectivity index (χ0n) is 5.77. The molecule has 0 bridgehead atoms. The first-order chi connectivity index (χ1) is 4.66. The Balaban J connectivity index is 3.11. The maximum atomic E-state index is 10.3. The van der Waals surface area contributed by atoms with Gasteiger partial charge in [0, 0.05) is 17.1 Å². The second kappa shape index (κ2) is 6.16. The highest BCUT2D eigenvalue weighted by Crippen LogP contribution is 2.07. The van der Waals surface area contributed by atoms with Crippen molar-refractivity contribution in [2.24, 2.45) is 0 Å². The molecule has 0 aliphatic heterocycles. The Hall–Kier alpha value is 0.430. The summed E-state index contributed by atoms with van der Waals surface area (Å²) in [5, 5.41) is 0.883. The quantitative estimate of drug-likeness (QED) is 0.579. The summed E-state index contributed by atoms with van der Waals surface area (Å²) in [6.45, 7) is 1.91. The van der Waals surface area contributed by atoms with Gasteiger partial charge in [0.2, 0.25) is 0 Å². The van der Waals surface area contributed by atoms with Crippen LogP contribution in [0.4, 0.5) is 0 Å². The first-order valence-electron chi connectivity index (χ1n) is 3.00. The van der Waals surface area contributed by atoms with Crippen molar-refractivity contribution in [3.63, 3.8) is 0 Å². The zero-order chi connectivity index (χ0) is 7.98. The van der Waals surface area contributed by atoms with Gasteiger partial charge in [-0.3, -0.25) is 4.79 Å². The molecule has 0 radical (unpaired) electrons. The van der Waals surface area contributed by atoms with Gasteiger partial charge in [0.05, 0.1) is 6.61 Å². The smallest absolute Gasteiger partial charge is 0.302 e. The van der Waals surface area contributed by atoms with Crippen molar-refractivity contribution in [3.8, 4) is 0 Å². The molecule has 0 aromatic heterocycles. The van der Waals surface area contributed by atoms with E-state index in [9.17, 15) is 4.79 Å². The largest absolute Gasteiger partial charge is 0.466 e. The van der Waals surface area contributed by atoms with Gasteiger partial charge in [-0.15, -0.1) is 0 Å². The van der Waals surface area contributed by atoms with Crippen LogP contribution in [0.15, 0.2) is 0 Å². The average Bonchev–Trinajstić information content (AvgIpc) is 1.87. The Morgan fingerprint density at radius 2 is 2.30 bits per heavy atom. The second-order valence-corrected chi connectivity index (χ2v) is 3.82. The van der Waals surface area contributed by atoms with Crippen LogP contribution >= 0.6 is 31.9 Å². The summed E-state index contributed by atoms with van der Waals surface area (Å²) < 4.78 is 4.72. The topological polar surface area (TPSA) is 26.3 Å². The molecule has 0 aromatic carbocycles. The summed E-state index contributed by atoms with van der Waals surface area (Å²) in [6.07, 6.45) is 0.852. The van der Waals surface area contributed by atoms with E-state index >= 15 is 0 Å². The van der Waals surface area contributed by atoms with E-state index in [2.05, 4.69) is 31.9 Å². The van der Waals surface area contributed by atoms with Gasteiger partial charge in [-0.1, -0.05) is 31.9 Å². The first-order valence-corrected chi connectivity index (χ1v) is 5.04. The monoisotopic (exact) mass is 272 g/mol. The molecule has 1 atom stereocenters. The molecule has 0 fully saturated rings. The minimum Gasteiger partial charge on any atom is -0.466 e. The number of carbonyl (C=O) groups excluding carboxylic acids is 1. The maximum Gasteiger partial charge on any atom is 0.302 e. The molecule has 0 saturated carbocycles. The molecule has 4 heteroatoms. The molecule has 0 rings (SSSR count). The average molecular weight is 274 g/mol. The van der Waals surface area contributed by atoms with Gasteiger partial charge in [-0.25, -0.2) is 0 Å². The highest BCUT2D eigenvalue weighted by molar-refractivity contribution is 9.12. The Morgan fingerprint density at radius 3 is 2.70 bits per heavy atom. The minimum atomic E-state index is -0.214. The van der Waals surface area contributed by atoms with E-state index in [-0.39, 0.29) is 5.97 Å². The van der Waals surface area contributed by atoms with E-state index in [0.717, 1.165) is 11.8 Å². The molecule has 10 heavy (non-hydrogen) atoms. The van der Waals surface area contributed by atoms with E-state index in [4.69, 9.17) is 4.74 Å². The standard InChI is InChI=1S/C6H10Br2O2/c1-5(9)10-3-2-6(8)4-7/h6H,2-4H2,1H3. The molecule has 0 N–H and O–H groups in total. The fourth-order valence-electron chi connectivity index (χ4n) is 0.408. The summed E-state index contributed by atoms with van der Waals surface area (Å²) in [4.78, 5) is 10.7. The highest BCUT2D eigenvalue weighted by Gasteiger charge is 2.01. The van der Waals surface area contributed by atoms with E-state index in [1.807, 2.05) is 0 Å². The minimum absolute atomic E-state index is 0.214. The SMILES string of the molecule is CC(=O)OCCC(Br)CBr. The summed E-state index contributed by atoms with van der Waals surface area (Å²) in [7, 11) is 0. The summed E-state index contributed by atoms with van der Waals surface area (Å²) in [6, 6.07) is 0. The van der Waals surface area contributed by atoms with Crippen LogP contribution in [0.2, 0.25) is 0 Å². The fraction of sp³-hybridized carbons (Fsp3) is 0.833. The Bertz CT molecular complexity index is 106. The third kappa shape index (κ3) is 6.55. The van der Waals surface area contributed by atoms with Gasteiger partial charge in [0.25, 0.3) is 0 Å². The first kappa shape index (κ1) is 10.4. The van der Waals surface area contributed by atoms with E-state index in [1.54, 1.807) is 0 Å². The number of hydrogen-bond acceptors (Lipinski definition) is 2. The summed E-state index contributed by atoms with van der Waals surface area (Å²) >= 11 is 6.68. The van der Waals surface area contributed by atoms with Gasteiger partial charge in [-0.05, 0) is 6.42 Å². The number of ether oxygens (including phenoxy) is 1. The lowest BCUT2D eigenvalue weighted by molar-refractivity contribution is -0.140. The second-order valence-electron chi connectivity index (χ2n) is 1.88. The van der Waals surface area contributed by atoms with E-state index in [1.165, 1.54) is 6.92 Å². The van der Waals surface area contributed by atoms with Crippen molar-refractivity contribution in [2.45, 2.75) is 18.2 Å². The van der Waals surface area contributed by atoms with Gasteiger partial charge in [0.15, 0.2) is 0 Å². The molecule has 1 unspecified atom stereocenters. The Kier molecular flexibility index (Phi) is 6.43. The molecule has 0 saturated heterocycles. The Morgan fingerprint density at radius 1 is 1.70 bits per heavy atom. The molecule has 2 nitrogen and oxygen atoms in total. The lowest BCUT2D eigenvalue weighted by Gasteiger charge is -2.04. The van der Waals surface area contributed by atoms with Crippen LogP contribution in [0.1, 0.15) is 13.3 Å². The summed E-state index contributed by atoms with van der Waals surface area (Å²) in [5.41, 5.74) is 0. The fourth-order valence-corrected chi connectivity index (χ4v) is 0.918. The van der Waals surface area contributed by atoms with Crippen LogP contribution < -0.4 is 0 Å². The van der Waals surface area contributed by atoms with Crippen molar-refractivity contribution >= 4 is 37.8 Å². The van der Waals surface area contributed by atoms with Crippen LogP contribution in [-0.2, 0) is 9.53 Å². The number of halogens is 2.